The molecule has 18 heavy (non-hydrogen) atoms. The number of fused-ring (bicyclic) bond motifs is 1. The van der Waals surface area contributed by atoms with Gasteiger partial charge in [-0.15, -0.1) is 0 Å². The van der Waals surface area contributed by atoms with Crippen LogP contribution in [-0.4, -0.2) is 32.8 Å². The number of pyridine rings is 1. The molecule has 0 spiro atoms. The van der Waals surface area contributed by atoms with Crippen LogP contribution in [0, 0.1) is 5.41 Å². The van der Waals surface area contributed by atoms with Crippen LogP contribution in [0.25, 0.3) is 11.0 Å². The third kappa shape index (κ3) is 1.95. The fourth-order valence-electron chi connectivity index (χ4n) is 2.39. The minimum atomic E-state index is 0.267. The van der Waals surface area contributed by atoms with Crippen LogP contribution in [0.5, 0.6) is 0 Å². The molecule has 0 aromatic carbocycles. The molecule has 1 aliphatic carbocycles. The van der Waals surface area contributed by atoms with Gasteiger partial charge in [-0.3, -0.25) is 0 Å². The molecular formula is C13H18N4O. The lowest BCUT2D eigenvalue weighted by molar-refractivity contribution is 0.253. The first-order valence-electron chi connectivity index (χ1n) is 6.35. The van der Waals surface area contributed by atoms with E-state index < -0.39 is 0 Å². The van der Waals surface area contributed by atoms with Crippen molar-refractivity contribution in [1.82, 2.24) is 14.5 Å². The Morgan fingerprint density at radius 2 is 2.28 bits per heavy atom. The van der Waals surface area contributed by atoms with E-state index in [2.05, 4.69) is 15.3 Å². The lowest BCUT2D eigenvalue weighted by atomic mass is 10.0. The summed E-state index contributed by atoms with van der Waals surface area (Å²) in [5, 5.41) is 12.4. The maximum absolute atomic E-state index is 9.06. The molecule has 2 aromatic heterocycles. The standard InChI is InChI=1S/C13H18N4O/c1-17-9-16-11-10(17)2-6-14-12(11)15-8-13(3-4-13)5-7-18/h2,6,9,18H,3-5,7-8H2,1H3,(H,14,15). The van der Waals surface area contributed by atoms with E-state index in [0.29, 0.717) is 0 Å². The molecular weight excluding hydrogens is 228 g/mol. The van der Waals surface area contributed by atoms with E-state index >= 15 is 0 Å². The van der Waals surface area contributed by atoms with Crippen LogP contribution < -0.4 is 5.32 Å². The molecule has 0 amide bonds. The number of hydrogen-bond donors (Lipinski definition) is 2. The lowest BCUT2D eigenvalue weighted by Gasteiger charge is -2.15. The van der Waals surface area contributed by atoms with Gasteiger partial charge in [-0.25, -0.2) is 9.97 Å². The van der Waals surface area contributed by atoms with Crippen LogP contribution in [-0.2, 0) is 7.05 Å². The number of aliphatic hydroxyl groups excluding tert-OH is 1. The zero-order chi connectivity index (χ0) is 12.6. The van der Waals surface area contributed by atoms with Crippen molar-refractivity contribution in [2.45, 2.75) is 19.3 Å². The van der Waals surface area contributed by atoms with E-state index in [1.54, 1.807) is 12.5 Å². The number of aliphatic hydroxyl groups is 1. The monoisotopic (exact) mass is 246 g/mol. The van der Waals surface area contributed by atoms with E-state index in [1.807, 2.05) is 17.7 Å². The summed E-state index contributed by atoms with van der Waals surface area (Å²) in [7, 11) is 1.98. The molecule has 0 bridgehead atoms. The maximum Gasteiger partial charge on any atom is 0.154 e. The molecule has 2 heterocycles. The van der Waals surface area contributed by atoms with Crippen molar-refractivity contribution in [3.63, 3.8) is 0 Å². The third-order valence-corrected chi connectivity index (χ3v) is 3.87. The summed E-state index contributed by atoms with van der Waals surface area (Å²) in [6.07, 6.45) is 6.87. The molecule has 0 aliphatic heterocycles. The van der Waals surface area contributed by atoms with Crippen LogP contribution in [0.1, 0.15) is 19.3 Å². The zero-order valence-electron chi connectivity index (χ0n) is 10.6. The minimum absolute atomic E-state index is 0.267. The van der Waals surface area contributed by atoms with Crippen molar-refractivity contribution in [3.05, 3.63) is 18.6 Å². The van der Waals surface area contributed by atoms with Crippen molar-refractivity contribution in [1.29, 1.82) is 0 Å². The van der Waals surface area contributed by atoms with Gasteiger partial charge in [0.15, 0.2) is 5.82 Å². The number of imidazole rings is 1. The predicted molar refractivity (Wildman–Crippen MR) is 70.4 cm³/mol. The maximum atomic E-state index is 9.06. The van der Waals surface area contributed by atoms with Crippen LogP contribution in [0.3, 0.4) is 0 Å². The average Bonchev–Trinajstić information content (AvgIpc) is 3.04. The Bertz CT molecular complexity index is 559. The van der Waals surface area contributed by atoms with Gasteiger partial charge in [0.1, 0.15) is 5.52 Å². The zero-order valence-corrected chi connectivity index (χ0v) is 10.6. The quantitative estimate of drug-likeness (QED) is 0.840. The van der Waals surface area contributed by atoms with Gasteiger partial charge in [-0.1, -0.05) is 0 Å². The van der Waals surface area contributed by atoms with Crippen molar-refractivity contribution in [2.75, 3.05) is 18.5 Å². The highest BCUT2D eigenvalue weighted by molar-refractivity contribution is 5.85. The molecule has 5 nitrogen and oxygen atoms in total. The van der Waals surface area contributed by atoms with E-state index in [-0.39, 0.29) is 12.0 Å². The second-order valence-electron chi connectivity index (χ2n) is 5.21. The SMILES string of the molecule is Cn1cnc2c(NCC3(CCO)CC3)nccc21. The summed E-state index contributed by atoms with van der Waals surface area (Å²) in [4.78, 5) is 8.74. The highest BCUT2D eigenvalue weighted by Gasteiger charge is 2.41. The fraction of sp³-hybridized carbons (Fsp3) is 0.538. The Morgan fingerprint density at radius 3 is 3.00 bits per heavy atom. The average molecular weight is 246 g/mol. The van der Waals surface area contributed by atoms with Crippen LogP contribution in [0.15, 0.2) is 18.6 Å². The van der Waals surface area contributed by atoms with Crippen LogP contribution in [0.2, 0.25) is 0 Å². The smallest absolute Gasteiger partial charge is 0.154 e. The summed E-state index contributed by atoms with van der Waals surface area (Å²) in [6.45, 7) is 1.14. The van der Waals surface area contributed by atoms with Gasteiger partial charge >= 0.3 is 0 Å². The normalized spacial score (nSPS) is 17.0. The number of aryl methyl sites for hydroxylation is 1. The van der Waals surface area contributed by atoms with Crippen molar-refractivity contribution in [3.8, 4) is 0 Å². The van der Waals surface area contributed by atoms with Gasteiger partial charge in [0.2, 0.25) is 0 Å². The van der Waals surface area contributed by atoms with E-state index in [0.717, 1.165) is 29.8 Å². The number of anilines is 1. The summed E-state index contributed by atoms with van der Waals surface area (Å²) >= 11 is 0. The molecule has 2 N–H and O–H groups in total. The predicted octanol–water partition coefficient (Wildman–Crippen LogP) is 1.54. The van der Waals surface area contributed by atoms with Gasteiger partial charge in [-0.05, 0) is 30.7 Å². The van der Waals surface area contributed by atoms with Gasteiger partial charge < -0.3 is 15.0 Å². The highest BCUT2D eigenvalue weighted by Crippen LogP contribution is 2.48. The molecule has 96 valence electrons. The molecule has 5 heteroatoms. The van der Waals surface area contributed by atoms with Crippen molar-refractivity contribution < 1.29 is 5.11 Å². The number of aromatic nitrogens is 3. The summed E-state index contributed by atoms with van der Waals surface area (Å²) in [5.41, 5.74) is 2.28. The van der Waals surface area contributed by atoms with Crippen molar-refractivity contribution >= 4 is 16.9 Å². The van der Waals surface area contributed by atoms with Gasteiger partial charge in [0.05, 0.1) is 11.8 Å². The highest BCUT2D eigenvalue weighted by atomic mass is 16.3. The molecule has 2 aromatic rings. The number of nitrogens with zero attached hydrogens (tertiary/aromatic N) is 3. The fourth-order valence-corrected chi connectivity index (χ4v) is 2.39. The summed E-state index contributed by atoms with van der Waals surface area (Å²) in [5.74, 6) is 0.845. The van der Waals surface area contributed by atoms with Gasteiger partial charge in [0, 0.05) is 26.4 Å². The molecule has 0 atom stereocenters. The van der Waals surface area contributed by atoms with Crippen LogP contribution in [0.4, 0.5) is 5.82 Å². The topological polar surface area (TPSA) is 63.0 Å². The molecule has 1 aliphatic rings. The van der Waals surface area contributed by atoms with Crippen LogP contribution >= 0.6 is 0 Å². The third-order valence-electron chi connectivity index (χ3n) is 3.87. The molecule has 1 saturated carbocycles. The first-order chi connectivity index (χ1) is 8.74. The molecule has 0 radical (unpaired) electrons. The Labute approximate surface area is 106 Å². The first-order valence-corrected chi connectivity index (χ1v) is 6.35. The number of hydrogen-bond acceptors (Lipinski definition) is 4. The van der Waals surface area contributed by atoms with Gasteiger partial charge in [0.25, 0.3) is 0 Å². The minimum Gasteiger partial charge on any atom is -0.396 e. The second-order valence-corrected chi connectivity index (χ2v) is 5.21. The Morgan fingerprint density at radius 1 is 1.44 bits per heavy atom. The summed E-state index contributed by atoms with van der Waals surface area (Å²) in [6, 6.07) is 1.97. The van der Waals surface area contributed by atoms with Crippen molar-refractivity contribution in [2.24, 2.45) is 12.5 Å². The number of nitrogens with one attached hydrogen (secondary N) is 1. The first kappa shape index (κ1) is 11.5. The Balaban J connectivity index is 1.79. The molecule has 0 unspecified atom stereocenters. The largest absolute Gasteiger partial charge is 0.396 e. The summed E-state index contributed by atoms with van der Waals surface area (Å²) < 4.78 is 1.99. The molecule has 0 saturated heterocycles. The Kier molecular flexibility index (Phi) is 2.70. The number of rotatable bonds is 5. The van der Waals surface area contributed by atoms with Gasteiger partial charge in [-0.2, -0.15) is 0 Å². The Hall–Kier alpha value is -1.62. The van der Waals surface area contributed by atoms with E-state index in [1.165, 1.54) is 12.8 Å². The molecule has 1 fully saturated rings. The molecule has 3 rings (SSSR count). The van der Waals surface area contributed by atoms with E-state index in [9.17, 15) is 0 Å². The lowest BCUT2D eigenvalue weighted by Crippen LogP contribution is -2.17. The van der Waals surface area contributed by atoms with E-state index in [4.69, 9.17) is 5.11 Å². The second kappa shape index (κ2) is 4.24.